The van der Waals surface area contributed by atoms with Gasteiger partial charge in [0.2, 0.25) is 10.0 Å². The van der Waals surface area contributed by atoms with Gasteiger partial charge in [0.25, 0.3) is 0 Å². The summed E-state index contributed by atoms with van der Waals surface area (Å²) in [4.78, 5) is 2.20. The summed E-state index contributed by atoms with van der Waals surface area (Å²) in [5.41, 5.74) is 0.0642. The van der Waals surface area contributed by atoms with Crippen molar-refractivity contribution in [3.8, 4) is 0 Å². The van der Waals surface area contributed by atoms with Crippen molar-refractivity contribution >= 4 is 10.0 Å². The molecule has 1 N–H and O–H groups in total. The first-order chi connectivity index (χ1) is 8.88. The average Bonchev–Trinajstić information content (AvgIpc) is 2.34. The Hall–Kier alpha value is -0.170. The molecular weight excluding hydrogens is 262 g/mol. The lowest BCUT2D eigenvalue weighted by Crippen LogP contribution is -2.58. The molecule has 5 nitrogen and oxygen atoms in total. The van der Waals surface area contributed by atoms with Crippen LogP contribution in [-0.2, 0) is 10.0 Å². The minimum Gasteiger partial charge on any atom is -0.317 e. The van der Waals surface area contributed by atoms with E-state index in [2.05, 4.69) is 24.3 Å². The molecule has 0 atom stereocenters. The fourth-order valence-electron chi connectivity index (χ4n) is 3.18. The molecule has 0 radical (unpaired) electrons. The normalized spacial score (nSPS) is 24.7. The van der Waals surface area contributed by atoms with Crippen LogP contribution in [0, 0.1) is 0 Å². The maximum absolute atomic E-state index is 12.6. The van der Waals surface area contributed by atoms with Crippen molar-refractivity contribution in [3.63, 3.8) is 0 Å². The number of sulfonamides is 1. The first-order valence-electron chi connectivity index (χ1n) is 7.22. The third-order valence-corrected chi connectivity index (χ3v) is 7.20. The van der Waals surface area contributed by atoms with Crippen LogP contribution in [0.15, 0.2) is 0 Å². The van der Waals surface area contributed by atoms with E-state index in [0.29, 0.717) is 6.54 Å². The van der Waals surface area contributed by atoms with E-state index in [4.69, 9.17) is 0 Å². The second-order valence-corrected chi connectivity index (χ2v) is 8.54. The van der Waals surface area contributed by atoms with Crippen molar-refractivity contribution in [1.82, 2.24) is 14.5 Å². The smallest absolute Gasteiger partial charge is 0.216 e. The second kappa shape index (κ2) is 5.68. The number of rotatable bonds is 5. The highest BCUT2D eigenvalue weighted by molar-refractivity contribution is 7.89. The van der Waals surface area contributed by atoms with Crippen LogP contribution in [0.1, 0.15) is 32.1 Å². The summed E-state index contributed by atoms with van der Waals surface area (Å²) in [5, 5.41) is 3.03. The molecule has 0 unspecified atom stereocenters. The highest BCUT2D eigenvalue weighted by Crippen LogP contribution is 2.37. The number of nitrogens with zero attached hydrogens (tertiary/aromatic N) is 2. The zero-order valence-corrected chi connectivity index (χ0v) is 13.2. The van der Waals surface area contributed by atoms with Gasteiger partial charge in [-0.25, -0.2) is 12.7 Å². The van der Waals surface area contributed by atoms with Gasteiger partial charge in [-0.2, -0.15) is 0 Å². The minimum atomic E-state index is -3.14. The topological polar surface area (TPSA) is 52.7 Å². The first kappa shape index (κ1) is 15.2. The van der Waals surface area contributed by atoms with Gasteiger partial charge in [0.05, 0.1) is 5.25 Å². The van der Waals surface area contributed by atoms with Crippen molar-refractivity contribution in [3.05, 3.63) is 0 Å². The fourth-order valence-corrected chi connectivity index (χ4v) is 4.94. The minimum absolute atomic E-state index is 0.0642. The van der Waals surface area contributed by atoms with Gasteiger partial charge in [0, 0.05) is 19.1 Å². The molecule has 0 aromatic rings. The second-order valence-electron chi connectivity index (χ2n) is 6.22. The SMILES string of the molecule is CN(C)C1(CN(C)S(=O)(=O)C2CCNCC2)CCC1. The summed E-state index contributed by atoms with van der Waals surface area (Å²) in [6.45, 7) is 2.26. The van der Waals surface area contributed by atoms with E-state index in [1.165, 1.54) is 6.42 Å². The van der Waals surface area contributed by atoms with Crippen molar-refractivity contribution in [2.24, 2.45) is 0 Å². The largest absolute Gasteiger partial charge is 0.317 e. The van der Waals surface area contributed by atoms with E-state index in [1.807, 2.05) is 0 Å². The number of hydrogen-bond donors (Lipinski definition) is 1. The van der Waals surface area contributed by atoms with Crippen LogP contribution in [0.4, 0.5) is 0 Å². The highest BCUT2D eigenvalue weighted by Gasteiger charge is 2.43. The third kappa shape index (κ3) is 2.96. The fraction of sp³-hybridized carbons (Fsp3) is 1.00. The molecule has 1 saturated heterocycles. The molecule has 0 aromatic heterocycles. The zero-order chi connectivity index (χ0) is 14.1. The molecule has 0 spiro atoms. The van der Waals surface area contributed by atoms with Crippen LogP contribution in [0.25, 0.3) is 0 Å². The monoisotopic (exact) mass is 289 g/mol. The molecule has 19 heavy (non-hydrogen) atoms. The Morgan fingerprint density at radius 2 is 1.74 bits per heavy atom. The molecule has 1 saturated carbocycles. The van der Waals surface area contributed by atoms with Gasteiger partial charge < -0.3 is 10.2 Å². The van der Waals surface area contributed by atoms with E-state index in [0.717, 1.165) is 38.8 Å². The van der Waals surface area contributed by atoms with Gasteiger partial charge in [-0.05, 0) is 59.3 Å². The number of hydrogen-bond acceptors (Lipinski definition) is 4. The summed E-state index contributed by atoms with van der Waals surface area (Å²) >= 11 is 0. The van der Waals surface area contributed by atoms with Gasteiger partial charge in [0.1, 0.15) is 0 Å². The summed E-state index contributed by atoms with van der Waals surface area (Å²) in [6.07, 6.45) is 4.89. The van der Waals surface area contributed by atoms with Crippen LogP contribution >= 0.6 is 0 Å². The lowest BCUT2D eigenvalue weighted by molar-refractivity contribution is 0.0452. The average molecular weight is 289 g/mol. The Labute approximate surface area is 117 Å². The zero-order valence-electron chi connectivity index (χ0n) is 12.4. The van der Waals surface area contributed by atoms with Gasteiger partial charge in [-0.1, -0.05) is 0 Å². The third-order valence-electron chi connectivity index (χ3n) is 4.89. The maximum atomic E-state index is 12.6. The van der Waals surface area contributed by atoms with Gasteiger partial charge in [0.15, 0.2) is 0 Å². The summed E-state index contributed by atoms with van der Waals surface area (Å²) in [5.74, 6) is 0. The van der Waals surface area contributed by atoms with Crippen molar-refractivity contribution < 1.29 is 8.42 Å². The van der Waals surface area contributed by atoms with Crippen LogP contribution in [0.3, 0.4) is 0 Å². The van der Waals surface area contributed by atoms with E-state index >= 15 is 0 Å². The molecule has 2 rings (SSSR count). The van der Waals surface area contributed by atoms with Crippen LogP contribution in [0.2, 0.25) is 0 Å². The van der Waals surface area contributed by atoms with Crippen LogP contribution in [0.5, 0.6) is 0 Å². The standard InChI is InChI=1S/C13H27N3O2S/c1-15(2)13(7-4-8-13)11-16(3)19(17,18)12-5-9-14-10-6-12/h12,14H,4-11H2,1-3H3. The molecule has 0 bridgehead atoms. The Bertz CT molecular complexity index is 398. The Balaban J connectivity index is 2.03. The quantitative estimate of drug-likeness (QED) is 0.800. The predicted octanol–water partition coefficient (Wildman–Crippen LogP) is 0.484. The predicted molar refractivity (Wildman–Crippen MR) is 77.7 cm³/mol. The van der Waals surface area contributed by atoms with Crippen molar-refractivity contribution in [2.45, 2.75) is 42.9 Å². The van der Waals surface area contributed by atoms with Gasteiger partial charge >= 0.3 is 0 Å². The Morgan fingerprint density at radius 3 is 2.16 bits per heavy atom. The van der Waals surface area contributed by atoms with Gasteiger partial charge in [-0.3, -0.25) is 0 Å². The molecule has 112 valence electrons. The van der Waals surface area contributed by atoms with Crippen LogP contribution < -0.4 is 5.32 Å². The lowest BCUT2D eigenvalue weighted by Gasteiger charge is -2.49. The molecule has 0 amide bonds. The molecule has 1 aliphatic carbocycles. The number of nitrogens with one attached hydrogen (secondary N) is 1. The highest BCUT2D eigenvalue weighted by atomic mass is 32.2. The van der Waals surface area contributed by atoms with E-state index in [9.17, 15) is 8.42 Å². The Kier molecular flexibility index (Phi) is 4.55. The molecule has 6 heteroatoms. The van der Waals surface area contributed by atoms with Crippen molar-refractivity contribution in [1.29, 1.82) is 0 Å². The van der Waals surface area contributed by atoms with Gasteiger partial charge in [-0.15, -0.1) is 0 Å². The summed E-state index contributed by atoms with van der Waals surface area (Å²) in [7, 11) is 2.73. The summed E-state index contributed by atoms with van der Waals surface area (Å²) < 4.78 is 26.8. The van der Waals surface area contributed by atoms with Crippen molar-refractivity contribution in [2.75, 3.05) is 40.8 Å². The molecule has 1 aliphatic heterocycles. The molecule has 2 fully saturated rings. The Morgan fingerprint density at radius 1 is 1.16 bits per heavy atom. The maximum Gasteiger partial charge on any atom is 0.216 e. The van der Waals surface area contributed by atoms with E-state index < -0.39 is 10.0 Å². The summed E-state index contributed by atoms with van der Waals surface area (Å²) in [6, 6.07) is 0. The molecule has 2 aliphatic rings. The molecule has 1 heterocycles. The number of likely N-dealkylation sites (N-methyl/N-ethyl adjacent to an activating group) is 2. The van der Waals surface area contributed by atoms with E-state index in [1.54, 1.807) is 11.4 Å². The van der Waals surface area contributed by atoms with E-state index in [-0.39, 0.29) is 10.8 Å². The molecular formula is C13H27N3O2S. The number of piperidine rings is 1. The van der Waals surface area contributed by atoms with Crippen LogP contribution in [-0.4, -0.2) is 69.2 Å². The molecule has 0 aromatic carbocycles. The lowest BCUT2D eigenvalue weighted by atomic mass is 9.75. The first-order valence-corrected chi connectivity index (χ1v) is 8.72.